The first-order valence-electron chi connectivity index (χ1n) is 4.87. The SMILES string of the molecule is CCC(C)(C(C)C)[Si](C)(C)OC. The number of hydrogen-bond donors (Lipinski definition) is 0. The Kier molecular flexibility index (Phi) is 3.98. The van der Waals surface area contributed by atoms with Gasteiger partial charge in [0.15, 0.2) is 8.32 Å². The molecule has 0 saturated heterocycles. The summed E-state index contributed by atoms with van der Waals surface area (Å²) in [7, 11) is 0.370. The molecule has 0 fully saturated rings. The highest BCUT2D eigenvalue weighted by Crippen LogP contribution is 2.47. The molecule has 1 nitrogen and oxygen atoms in total. The molecular formula is C10H24OSi. The highest BCUT2D eigenvalue weighted by molar-refractivity contribution is 6.74. The molecule has 0 aromatic rings. The molecule has 1 unspecified atom stereocenters. The monoisotopic (exact) mass is 188 g/mol. The first-order valence-corrected chi connectivity index (χ1v) is 7.77. The van der Waals surface area contributed by atoms with Crippen LogP contribution in [0.15, 0.2) is 0 Å². The van der Waals surface area contributed by atoms with E-state index >= 15 is 0 Å². The Balaban J connectivity index is 4.74. The second kappa shape index (κ2) is 3.92. The number of rotatable bonds is 4. The van der Waals surface area contributed by atoms with E-state index in [4.69, 9.17) is 4.43 Å². The van der Waals surface area contributed by atoms with Crippen LogP contribution in [0.3, 0.4) is 0 Å². The second-order valence-electron chi connectivity index (χ2n) is 4.64. The summed E-state index contributed by atoms with van der Waals surface area (Å²) in [6.45, 7) is 13.9. The minimum atomic E-state index is -1.49. The van der Waals surface area contributed by atoms with Crippen molar-refractivity contribution >= 4 is 8.32 Å². The smallest absolute Gasteiger partial charge is 0.192 e. The molecule has 0 bridgehead atoms. The van der Waals surface area contributed by atoms with Gasteiger partial charge >= 0.3 is 0 Å². The second-order valence-corrected chi connectivity index (χ2v) is 9.21. The Hall–Kier alpha value is 0.177. The van der Waals surface area contributed by atoms with Crippen LogP contribution >= 0.6 is 0 Å². The lowest BCUT2D eigenvalue weighted by Gasteiger charge is -2.44. The minimum absolute atomic E-state index is 0.405. The molecule has 0 rings (SSSR count). The van der Waals surface area contributed by atoms with Crippen LogP contribution < -0.4 is 0 Å². The van der Waals surface area contributed by atoms with Gasteiger partial charge in [0.05, 0.1) is 0 Å². The first-order chi connectivity index (χ1) is 5.31. The molecular weight excluding hydrogens is 164 g/mol. The summed E-state index contributed by atoms with van der Waals surface area (Å²) in [5.41, 5.74) is 0. The van der Waals surface area contributed by atoms with E-state index in [9.17, 15) is 0 Å². The van der Waals surface area contributed by atoms with Gasteiger partial charge in [0.25, 0.3) is 0 Å². The fourth-order valence-corrected chi connectivity index (χ4v) is 4.47. The summed E-state index contributed by atoms with van der Waals surface area (Å²) in [4.78, 5) is 0. The van der Waals surface area contributed by atoms with Crippen LogP contribution in [0.2, 0.25) is 18.1 Å². The fourth-order valence-electron chi connectivity index (χ4n) is 1.76. The van der Waals surface area contributed by atoms with E-state index in [-0.39, 0.29) is 0 Å². The van der Waals surface area contributed by atoms with Gasteiger partial charge in [-0.05, 0) is 24.1 Å². The van der Waals surface area contributed by atoms with Gasteiger partial charge in [0.2, 0.25) is 0 Å². The molecule has 1 atom stereocenters. The molecule has 0 aliphatic carbocycles. The van der Waals surface area contributed by atoms with Crippen LogP contribution in [-0.4, -0.2) is 15.4 Å². The largest absolute Gasteiger partial charge is 0.420 e. The van der Waals surface area contributed by atoms with Gasteiger partial charge in [-0.3, -0.25) is 0 Å². The van der Waals surface area contributed by atoms with Gasteiger partial charge in [-0.15, -0.1) is 0 Å². The van der Waals surface area contributed by atoms with Crippen molar-refractivity contribution in [1.29, 1.82) is 0 Å². The van der Waals surface area contributed by atoms with Crippen molar-refractivity contribution in [1.82, 2.24) is 0 Å². The van der Waals surface area contributed by atoms with E-state index < -0.39 is 8.32 Å². The van der Waals surface area contributed by atoms with Crippen LogP contribution in [0.4, 0.5) is 0 Å². The van der Waals surface area contributed by atoms with Crippen molar-refractivity contribution in [2.45, 2.75) is 52.2 Å². The van der Waals surface area contributed by atoms with Crippen molar-refractivity contribution < 1.29 is 4.43 Å². The molecule has 0 amide bonds. The maximum atomic E-state index is 5.69. The first kappa shape index (κ1) is 12.2. The average Bonchev–Trinajstić information content (AvgIpc) is 2.02. The molecule has 0 aromatic heterocycles. The van der Waals surface area contributed by atoms with E-state index in [0.717, 1.165) is 0 Å². The summed E-state index contributed by atoms with van der Waals surface area (Å²) in [5.74, 6) is 0.712. The maximum absolute atomic E-state index is 5.69. The molecule has 0 aromatic carbocycles. The third-order valence-corrected chi connectivity index (χ3v) is 8.60. The molecule has 0 aliphatic rings. The zero-order valence-electron chi connectivity index (χ0n) is 9.69. The van der Waals surface area contributed by atoms with Crippen molar-refractivity contribution in [3.8, 4) is 0 Å². The van der Waals surface area contributed by atoms with Crippen molar-refractivity contribution in [3.63, 3.8) is 0 Å². The van der Waals surface area contributed by atoms with E-state index in [0.29, 0.717) is 11.0 Å². The summed E-state index contributed by atoms with van der Waals surface area (Å²) in [5, 5.41) is 0.405. The summed E-state index contributed by atoms with van der Waals surface area (Å²) < 4.78 is 5.69. The van der Waals surface area contributed by atoms with E-state index in [1.807, 2.05) is 7.11 Å². The lowest BCUT2D eigenvalue weighted by molar-refractivity contribution is 0.309. The zero-order valence-corrected chi connectivity index (χ0v) is 10.7. The van der Waals surface area contributed by atoms with Crippen LogP contribution in [0.5, 0.6) is 0 Å². The lowest BCUT2D eigenvalue weighted by atomic mass is 9.94. The molecule has 74 valence electrons. The summed E-state index contributed by atoms with van der Waals surface area (Å²) in [6.07, 6.45) is 1.22. The van der Waals surface area contributed by atoms with Gasteiger partial charge in [0.1, 0.15) is 0 Å². The standard InChI is InChI=1S/C10H24OSi/c1-8-10(4,9(2)3)12(6,7)11-5/h9H,8H2,1-7H3. The summed E-state index contributed by atoms with van der Waals surface area (Å²) in [6, 6.07) is 0. The van der Waals surface area contributed by atoms with Gasteiger partial charge in [-0.2, -0.15) is 0 Å². The van der Waals surface area contributed by atoms with Gasteiger partial charge in [-0.1, -0.05) is 34.1 Å². The molecule has 12 heavy (non-hydrogen) atoms. The molecule has 0 N–H and O–H groups in total. The van der Waals surface area contributed by atoms with Gasteiger partial charge < -0.3 is 4.43 Å². The topological polar surface area (TPSA) is 9.23 Å². The third kappa shape index (κ3) is 1.91. The molecule has 0 saturated carbocycles. The fraction of sp³-hybridized carbons (Fsp3) is 1.00. The third-order valence-electron chi connectivity index (χ3n) is 3.89. The minimum Gasteiger partial charge on any atom is -0.420 e. The lowest BCUT2D eigenvalue weighted by Crippen LogP contribution is -2.45. The Morgan fingerprint density at radius 1 is 1.33 bits per heavy atom. The predicted molar refractivity (Wildman–Crippen MR) is 58.0 cm³/mol. The predicted octanol–water partition coefficient (Wildman–Crippen LogP) is 3.66. The Morgan fingerprint density at radius 2 is 1.75 bits per heavy atom. The van der Waals surface area contributed by atoms with Gasteiger partial charge in [0, 0.05) is 7.11 Å². The van der Waals surface area contributed by atoms with Crippen molar-refractivity contribution in [3.05, 3.63) is 0 Å². The molecule has 0 radical (unpaired) electrons. The Morgan fingerprint density at radius 3 is 1.83 bits per heavy atom. The Labute approximate surface area is 78.6 Å². The van der Waals surface area contributed by atoms with E-state index in [2.05, 4.69) is 40.8 Å². The highest BCUT2D eigenvalue weighted by Gasteiger charge is 2.44. The van der Waals surface area contributed by atoms with Crippen molar-refractivity contribution in [2.24, 2.45) is 5.92 Å². The van der Waals surface area contributed by atoms with Crippen LogP contribution in [-0.2, 0) is 4.43 Å². The Bertz CT molecular complexity index is 143. The van der Waals surface area contributed by atoms with Crippen LogP contribution in [0.25, 0.3) is 0 Å². The molecule has 0 aliphatic heterocycles. The zero-order chi connectivity index (χ0) is 9.99. The normalized spacial score (nSPS) is 18.0. The van der Waals surface area contributed by atoms with Crippen LogP contribution in [0, 0.1) is 5.92 Å². The average molecular weight is 188 g/mol. The molecule has 2 heteroatoms. The molecule has 0 heterocycles. The molecule has 0 spiro atoms. The highest BCUT2D eigenvalue weighted by atomic mass is 28.4. The van der Waals surface area contributed by atoms with Crippen LogP contribution in [0.1, 0.15) is 34.1 Å². The van der Waals surface area contributed by atoms with E-state index in [1.165, 1.54) is 6.42 Å². The number of hydrogen-bond acceptors (Lipinski definition) is 1. The van der Waals surface area contributed by atoms with Crippen molar-refractivity contribution in [2.75, 3.05) is 7.11 Å². The quantitative estimate of drug-likeness (QED) is 0.612. The summed E-state index contributed by atoms with van der Waals surface area (Å²) >= 11 is 0. The van der Waals surface area contributed by atoms with Gasteiger partial charge in [-0.25, -0.2) is 0 Å². The maximum Gasteiger partial charge on any atom is 0.192 e. The van der Waals surface area contributed by atoms with E-state index in [1.54, 1.807) is 0 Å².